The van der Waals surface area contributed by atoms with Crippen molar-refractivity contribution in [3.05, 3.63) is 71.8 Å². The van der Waals surface area contributed by atoms with E-state index in [0.29, 0.717) is 0 Å². The molecule has 0 fully saturated rings. The van der Waals surface area contributed by atoms with E-state index in [1.807, 2.05) is 42.5 Å². The Bertz CT molecular complexity index is 617. The molecule has 0 atom stereocenters. The molecule has 0 heterocycles. The molecule has 2 aromatic rings. The van der Waals surface area contributed by atoms with E-state index in [1.165, 1.54) is 12.1 Å². The van der Waals surface area contributed by atoms with Crippen LogP contribution in [0.15, 0.2) is 65.8 Å². The third-order valence-electron chi connectivity index (χ3n) is 2.57. The maximum atomic E-state index is 10.7. The standard InChI is InChI=1S/C16H14N2O2/c19-16(20)14-8-10-15(11-9-14)18-17-12-4-7-13-5-2-1-3-6-13/h1-12,18H,(H,19,20)/b7-4?,17-12+. The van der Waals surface area contributed by atoms with E-state index in [-0.39, 0.29) is 5.56 Å². The van der Waals surface area contributed by atoms with E-state index >= 15 is 0 Å². The minimum Gasteiger partial charge on any atom is -0.478 e. The van der Waals surface area contributed by atoms with Gasteiger partial charge in [0.05, 0.1) is 11.3 Å². The number of carboxylic acids is 1. The molecule has 2 rings (SSSR count). The van der Waals surface area contributed by atoms with Crippen molar-refractivity contribution in [1.82, 2.24) is 0 Å². The molecule has 2 N–H and O–H groups in total. The molecule has 0 aliphatic heterocycles. The molecule has 0 amide bonds. The van der Waals surface area contributed by atoms with Crippen molar-refractivity contribution in [1.29, 1.82) is 0 Å². The fourth-order valence-electron chi connectivity index (χ4n) is 1.56. The lowest BCUT2D eigenvalue weighted by Gasteiger charge is -1.99. The molecule has 0 aromatic heterocycles. The van der Waals surface area contributed by atoms with Crippen LogP contribution in [0, 0.1) is 0 Å². The summed E-state index contributed by atoms with van der Waals surface area (Å²) in [5, 5.41) is 12.8. The predicted molar refractivity (Wildman–Crippen MR) is 81.0 cm³/mol. The van der Waals surface area contributed by atoms with Crippen molar-refractivity contribution in [3.8, 4) is 0 Å². The third-order valence-corrected chi connectivity index (χ3v) is 2.57. The van der Waals surface area contributed by atoms with E-state index in [2.05, 4.69) is 10.5 Å². The summed E-state index contributed by atoms with van der Waals surface area (Å²) < 4.78 is 0. The van der Waals surface area contributed by atoms with Crippen molar-refractivity contribution >= 4 is 23.9 Å². The van der Waals surface area contributed by atoms with Crippen molar-refractivity contribution in [2.75, 3.05) is 5.43 Å². The van der Waals surface area contributed by atoms with Gasteiger partial charge in [-0.25, -0.2) is 4.79 Å². The van der Waals surface area contributed by atoms with Gasteiger partial charge in [0, 0.05) is 6.21 Å². The van der Waals surface area contributed by atoms with Gasteiger partial charge in [0.25, 0.3) is 0 Å². The molecule has 0 saturated carbocycles. The van der Waals surface area contributed by atoms with Crippen molar-refractivity contribution < 1.29 is 9.90 Å². The molecule has 0 unspecified atom stereocenters. The van der Waals surface area contributed by atoms with Gasteiger partial charge in [0.2, 0.25) is 0 Å². The summed E-state index contributed by atoms with van der Waals surface area (Å²) in [7, 11) is 0. The first-order valence-corrected chi connectivity index (χ1v) is 6.10. The highest BCUT2D eigenvalue weighted by Crippen LogP contribution is 2.09. The number of hydrogen-bond acceptors (Lipinski definition) is 3. The van der Waals surface area contributed by atoms with E-state index in [0.717, 1.165) is 11.3 Å². The summed E-state index contributed by atoms with van der Waals surface area (Å²) in [5.74, 6) is -0.939. The number of rotatable bonds is 5. The van der Waals surface area contributed by atoms with Gasteiger partial charge in [-0.05, 0) is 35.9 Å². The van der Waals surface area contributed by atoms with E-state index in [9.17, 15) is 4.79 Å². The minimum absolute atomic E-state index is 0.253. The summed E-state index contributed by atoms with van der Waals surface area (Å²) in [5.41, 5.74) is 4.91. The molecule has 4 heteroatoms. The zero-order valence-electron chi connectivity index (χ0n) is 10.7. The molecule has 0 spiro atoms. The average molecular weight is 266 g/mol. The van der Waals surface area contributed by atoms with Gasteiger partial charge in [-0.3, -0.25) is 5.43 Å². The Hall–Kier alpha value is -2.88. The van der Waals surface area contributed by atoms with Crippen LogP contribution in [0.25, 0.3) is 6.08 Å². The van der Waals surface area contributed by atoms with Crippen molar-refractivity contribution in [2.24, 2.45) is 5.10 Å². The summed E-state index contributed by atoms with van der Waals surface area (Å²) in [6, 6.07) is 16.3. The number of hydrazone groups is 1. The Balaban J connectivity index is 1.87. The number of nitrogens with zero attached hydrogens (tertiary/aromatic N) is 1. The van der Waals surface area contributed by atoms with Gasteiger partial charge in [-0.1, -0.05) is 36.4 Å². The van der Waals surface area contributed by atoms with Crippen molar-refractivity contribution in [3.63, 3.8) is 0 Å². The quantitative estimate of drug-likeness (QED) is 0.643. The van der Waals surface area contributed by atoms with Crippen LogP contribution in [-0.4, -0.2) is 17.3 Å². The number of benzene rings is 2. The number of nitrogens with one attached hydrogen (secondary N) is 1. The van der Waals surface area contributed by atoms with Crippen LogP contribution in [0.4, 0.5) is 5.69 Å². The zero-order valence-corrected chi connectivity index (χ0v) is 10.7. The van der Waals surface area contributed by atoms with Crippen LogP contribution in [0.3, 0.4) is 0 Å². The first-order valence-electron chi connectivity index (χ1n) is 6.10. The maximum Gasteiger partial charge on any atom is 0.335 e. The highest BCUT2D eigenvalue weighted by Gasteiger charge is 2.00. The highest BCUT2D eigenvalue weighted by atomic mass is 16.4. The first-order chi connectivity index (χ1) is 9.75. The maximum absolute atomic E-state index is 10.7. The molecule has 0 bridgehead atoms. The molecule has 0 aliphatic carbocycles. The number of aromatic carboxylic acids is 1. The number of carbonyl (C=O) groups is 1. The zero-order chi connectivity index (χ0) is 14.2. The molecule has 100 valence electrons. The summed E-state index contributed by atoms with van der Waals surface area (Å²) in [4.78, 5) is 10.7. The van der Waals surface area contributed by atoms with Crippen LogP contribution in [0.1, 0.15) is 15.9 Å². The molecule has 0 aliphatic rings. The van der Waals surface area contributed by atoms with Crippen molar-refractivity contribution in [2.45, 2.75) is 0 Å². The molecule has 4 nitrogen and oxygen atoms in total. The normalized spacial score (nSPS) is 11.0. The smallest absolute Gasteiger partial charge is 0.335 e. The summed E-state index contributed by atoms with van der Waals surface area (Å²) in [6.45, 7) is 0. The van der Waals surface area contributed by atoms with Gasteiger partial charge < -0.3 is 5.11 Å². The lowest BCUT2D eigenvalue weighted by atomic mass is 10.2. The minimum atomic E-state index is -0.939. The Kier molecular flexibility index (Phi) is 4.67. The molecule has 0 saturated heterocycles. The Morgan fingerprint density at radius 2 is 1.75 bits per heavy atom. The van der Waals surface area contributed by atoms with Gasteiger partial charge in [-0.2, -0.15) is 5.10 Å². The third kappa shape index (κ3) is 4.10. The lowest BCUT2D eigenvalue weighted by molar-refractivity contribution is 0.0697. The second-order valence-electron chi connectivity index (χ2n) is 4.04. The van der Waals surface area contributed by atoms with Gasteiger partial charge in [0.1, 0.15) is 0 Å². The molecular formula is C16H14N2O2. The number of carboxylic acid groups (broad SMARTS) is 1. The van der Waals surface area contributed by atoms with Crippen LogP contribution >= 0.6 is 0 Å². The van der Waals surface area contributed by atoms with E-state index in [4.69, 9.17) is 5.11 Å². The molecule has 2 aromatic carbocycles. The second-order valence-corrected chi connectivity index (χ2v) is 4.04. The number of allylic oxidation sites excluding steroid dienone is 1. The molecular weight excluding hydrogens is 252 g/mol. The second kappa shape index (κ2) is 6.89. The lowest BCUT2D eigenvalue weighted by Crippen LogP contribution is -1.96. The summed E-state index contributed by atoms with van der Waals surface area (Å²) >= 11 is 0. The van der Waals surface area contributed by atoms with E-state index < -0.39 is 5.97 Å². The van der Waals surface area contributed by atoms with Crippen LogP contribution in [0.2, 0.25) is 0 Å². The van der Waals surface area contributed by atoms with Crippen LogP contribution in [-0.2, 0) is 0 Å². The van der Waals surface area contributed by atoms with Crippen LogP contribution < -0.4 is 5.43 Å². The van der Waals surface area contributed by atoms with Crippen LogP contribution in [0.5, 0.6) is 0 Å². The van der Waals surface area contributed by atoms with E-state index in [1.54, 1.807) is 18.3 Å². The molecule has 0 radical (unpaired) electrons. The fraction of sp³-hybridized carbons (Fsp3) is 0. The SMILES string of the molecule is O=C(O)c1ccc(N/N=C/C=Cc2ccccc2)cc1. The first kappa shape index (κ1) is 13.5. The average Bonchev–Trinajstić information content (AvgIpc) is 2.48. The Morgan fingerprint density at radius 3 is 2.40 bits per heavy atom. The predicted octanol–water partition coefficient (Wildman–Crippen LogP) is 3.50. The van der Waals surface area contributed by atoms with Gasteiger partial charge in [0.15, 0.2) is 0 Å². The number of anilines is 1. The fourth-order valence-corrected chi connectivity index (χ4v) is 1.56. The Morgan fingerprint density at radius 1 is 1.05 bits per heavy atom. The largest absolute Gasteiger partial charge is 0.478 e. The topological polar surface area (TPSA) is 61.7 Å². The Labute approximate surface area is 117 Å². The van der Waals surface area contributed by atoms with Gasteiger partial charge in [-0.15, -0.1) is 0 Å². The highest BCUT2D eigenvalue weighted by molar-refractivity contribution is 5.88. The van der Waals surface area contributed by atoms with Gasteiger partial charge >= 0.3 is 5.97 Å². The summed E-state index contributed by atoms with van der Waals surface area (Å²) in [6.07, 6.45) is 5.41. The molecule has 20 heavy (non-hydrogen) atoms. The number of hydrogen-bond donors (Lipinski definition) is 2. The monoisotopic (exact) mass is 266 g/mol.